The van der Waals surface area contributed by atoms with Gasteiger partial charge in [0.1, 0.15) is 11.5 Å². The molecule has 0 radical (unpaired) electrons. The first-order valence-electron chi connectivity index (χ1n) is 7.81. The average Bonchev–Trinajstić information content (AvgIpc) is 3.16. The molecule has 0 aliphatic carbocycles. The Hall–Kier alpha value is -3.04. The number of pyridine rings is 1. The molecule has 1 N–H and O–H groups in total. The zero-order valence-electron chi connectivity index (χ0n) is 13.2. The van der Waals surface area contributed by atoms with Crippen LogP contribution in [-0.4, -0.2) is 10.1 Å². The summed E-state index contributed by atoms with van der Waals surface area (Å²) in [5, 5.41) is 10.9. The number of aromatic hydroxyl groups is 1. The highest BCUT2D eigenvalue weighted by molar-refractivity contribution is 6.30. The van der Waals surface area contributed by atoms with Crippen molar-refractivity contribution >= 4 is 11.6 Å². The highest BCUT2D eigenvalue weighted by Gasteiger charge is 2.12. The zero-order valence-corrected chi connectivity index (χ0v) is 13.9. The molecule has 0 saturated carbocycles. The van der Waals surface area contributed by atoms with E-state index < -0.39 is 0 Å². The van der Waals surface area contributed by atoms with E-state index in [2.05, 4.69) is 0 Å². The largest absolute Gasteiger partial charge is 0.507 e. The first-order chi connectivity index (χ1) is 12.2. The number of aromatic nitrogens is 1. The van der Waals surface area contributed by atoms with E-state index in [-0.39, 0.29) is 5.75 Å². The van der Waals surface area contributed by atoms with Crippen molar-refractivity contribution in [3.05, 3.63) is 84.1 Å². The molecule has 2 aromatic carbocycles. The predicted molar refractivity (Wildman–Crippen MR) is 99.5 cm³/mol. The van der Waals surface area contributed by atoms with E-state index in [1.807, 2.05) is 60.7 Å². The lowest BCUT2D eigenvalue weighted by Crippen LogP contribution is -1.91. The average molecular weight is 348 g/mol. The highest BCUT2D eigenvalue weighted by atomic mass is 35.5. The van der Waals surface area contributed by atoms with E-state index in [0.29, 0.717) is 16.3 Å². The highest BCUT2D eigenvalue weighted by Crippen LogP contribution is 2.34. The van der Waals surface area contributed by atoms with Gasteiger partial charge in [0.15, 0.2) is 0 Å². The molecule has 25 heavy (non-hydrogen) atoms. The fourth-order valence-corrected chi connectivity index (χ4v) is 2.93. The molecule has 0 unspecified atom stereocenters. The first-order valence-corrected chi connectivity index (χ1v) is 8.19. The quantitative estimate of drug-likeness (QED) is 0.491. The Labute approximate surface area is 150 Å². The normalized spacial score (nSPS) is 10.8. The van der Waals surface area contributed by atoms with Crippen LogP contribution in [0.15, 0.2) is 83.5 Å². The summed E-state index contributed by atoms with van der Waals surface area (Å²) in [5.74, 6) is 0.922. The van der Waals surface area contributed by atoms with E-state index in [0.717, 1.165) is 22.6 Å². The van der Waals surface area contributed by atoms with Gasteiger partial charge in [0.05, 0.1) is 17.7 Å². The van der Waals surface area contributed by atoms with Gasteiger partial charge in [-0.25, -0.2) is 4.98 Å². The molecular formula is C21H14ClNO2. The Morgan fingerprint density at radius 2 is 1.64 bits per heavy atom. The molecule has 0 fully saturated rings. The Bertz CT molecular complexity index is 1030. The molecule has 2 aromatic heterocycles. The van der Waals surface area contributed by atoms with Gasteiger partial charge in [0.25, 0.3) is 0 Å². The number of phenols is 1. The summed E-state index contributed by atoms with van der Waals surface area (Å²) < 4.78 is 5.54. The van der Waals surface area contributed by atoms with Crippen LogP contribution in [0.3, 0.4) is 0 Å². The van der Waals surface area contributed by atoms with Gasteiger partial charge in [-0.2, -0.15) is 0 Å². The zero-order chi connectivity index (χ0) is 17.2. The molecule has 0 aliphatic rings. The van der Waals surface area contributed by atoms with Crippen molar-refractivity contribution in [3.8, 4) is 39.6 Å². The summed E-state index contributed by atoms with van der Waals surface area (Å²) >= 11 is 6.13. The fraction of sp³-hybridized carbons (Fsp3) is 0. The topological polar surface area (TPSA) is 46.3 Å². The van der Waals surface area contributed by atoms with Gasteiger partial charge in [-0.1, -0.05) is 35.9 Å². The smallest absolute Gasteiger partial charge is 0.134 e. The predicted octanol–water partition coefficient (Wildman–Crippen LogP) is 6.03. The Morgan fingerprint density at radius 1 is 0.800 bits per heavy atom. The van der Waals surface area contributed by atoms with Crippen LogP contribution in [0.4, 0.5) is 0 Å². The summed E-state index contributed by atoms with van der Waals surface area (Å²) in [4.78, 5) is 4.73. The van der Waals surface area contributed by atoms with Crippen molar-refractivity contribution in [1.82, 2.24) is 4.98 Å². The third-order valence-electron chi connectivity index (χ3n) is 3.93. The number of hydrogen-bond acceptors (Lipinski definition) is 3. The van der Waals surface area contributed by atoms with E-state index in [9.17, 15) is 5.11 Å². The molecule has 0 aliphatic heterocycles. The molecule has 0 atom stereocenters. The van der Waals surface area contributed by atoms with Gasteiger partial charge in [-0.05, 0) is 48.5 Å². The van der Waals surface area contributed by atoms with Crippen LogP contribution in [0.5, 0.6) is 5.75 Å². The van der Waals surface area contributed by atoms with Crippen LogP contribution >= 0.6 is 11.6 Å². The Balaban J connectivity index is 1.94. The van der Waals surface area contributed by atoms with Crippen molar-refractivity contribution in [2.24, 2.45) is 0 Å². The Morgan fingerprint density at radius 3 is 2.40 bits per heavy atom. The molecule has 3 nitrogen and oxygen atoms in total. The van der Waals surface area contributed by atoms with Gasteiger partial charge >= 0.3 is 0 Å². The molecule has 2 heterocycles. The number of para-hydroxylation sites is 1. The van der Waals surface area contributed by atoms with E-state index in [1.54, 1.807) is 18.4 Å². The van der Waals surface area contributed by atoms with Crippen LogP contribution < -0.4 is 0 Å². The van der Waals surface area contributed by atoms with Gasteiger partial charge in [-0.3, -0.25) is 0 Å². The van der Waals surface area contributed by atoms with E-state index >= 15 is 0 Å². The van der Waals surface area contributed by atoms with Gasteiger partial charge in [0, 0.05) is 21.7 Å². The van der Waals surface area contributed by atoms with Crippen LogP contribution in [0.2, 0.25) is 5.02 Å². The summed E-state index contributed by atoms with van der Waals surface area (Å²) in [5.41, 5.74) is 3.88. The van der Waals surface area contributed by atoms with Crippen molar-refractivity contribution in [2.45, 2.75) is 0 Å². The van der Waals surface area contributed by atoms with Crippen molar-refractivity contribution in [2.75, 3.05) is 0 Å². The lowest BCUT2D eigenvalue weighted by atomic mass is 10.0. The van der Waals surface area contributed by atoms with Crippen molar-refractivity contribution in [3.63, 3.8) is 0 Å². The van der Waals surface area contributed by atoms with E-state index in [4.69, 9.17) is 21.0 Å². The lowest BCUT2D eigenvalue weighted by Gasteiger charge is -2.10. The molecular weight excluding hydrogens is 334 g/mol. The van der Waals surface area contributed by atoms with Crippen LogP contribution in [0, 0.1) is 0 Å². The maximum atomic E-state index is 10.2. The molecule has 0 bridgehead atoms. The maximum absolute atomic E-state index is 10.2. The Kier molecular flexibility index (Phi) is 4.00. The molecule has 0 spiro atoms. The monoisotopic (exact) mass is 347 g/mol. The molecule has 4 heteroatoms. The molecule has 0 amide bonds. The number of nitrogens with zero attached hydrogens (tertiary/aromatic N) is 1. The number of rotatable bonds is 3. The minimum absolute atomic E-state index is 0.184. The first kappa shape index (κ1) is 15.5. The molecule has 4 aromatic rings. The van der Waals surface area contributed by atoms with E-state index in [1.165, 1.54) is 0 Å². The van der Waals surface area contributed by atoms with Crippen molar-refractivity contribution < 1.29 is 9.52 Å². The third kappa shape index (κ3) is 3.14. The minimum Gasteiger partial charge on any atom is -0.507 e. The lowest BCUT2D eigenvalue weighted by molar-refractivity contribution is 0.477. The molecule has 0 saturated heterocycles. The van der Waals surface area contributed by atoms with Crippen LogP contribution in [0.25, 0.3) is 33.8 Å². The molecule has 122 valence electrons. The van der Waals surface area contributed by atoms with Crippen molar-refractivity contribution in [1.29, 1.82) is 0 Å². The summed E-state index contributed by atoms with van der Waals surface area (Å²) in [6, 6.07) is 22.3. The second-order valence-corrected chi connectivity index (χ2v) is 6.07. The number of phenolic OH excluding ortho intramolecular Hbond substituents is 1. The number of halogens is 1. The fourth-order valence-electron chi connectivity index (χ4n) is 2.74. The molecule has 4 rings (SSSR count). The summed E-state index contributed by atoms with van der Waals surface area (Å²) in [6.07, 6.45) is 1.63. The van der Waals surface area contributed by atoms with Gasteiger partial charge in [0.2, 0.25) is 0 Å². The van der Waals surface area contributed by atoms with Crippen LogP contribution in [0.1, 0.15) is 0 Å². The number of hydrogen-bond donors (Lipinski definition) is 1. The summed E-state index contributed by atoms with van der Waals surface area (Å²) in [6.45, 7) is 0. The summed E-state index contributed by atoms with van der Waals surface area (Å²) in [7, 11) is 0. The number of furan rings is 1. The van der Waals surface area contributed by atoms with Gasteiger partial charge in [-0.15, -0.1) is 0 Å². The minimum atomic E-state index is 0.184. The second-order valence-electron chi connectivity index (χ2n) is 5.63. The standard InChI is InChI=1S/C21H14ClNO2/c22-16-6-3-5-14(11-16)18-12-15(21-9-4-10-25-21)13-19(23-18)17-7-1-2-8-20(17)24/h1-13,24H. The van der Waals surface area contributed by atoms with Crippen LogP contribution in [-0.2, 0) is 0 Å². The number of benzene rings is 2. The van der Waals surface area contributed by atoms with Gasteiger partial charge < -0.3 is 9.52 Å². The third-order valence-corrected chi connectivity index (χ3v) is 4.17. The second kappa shape index (κ2) is 6.46. The maximum Gasteiger partial charge on any atom is 0.134 e. The SMILES string of the molecule is Oc1ccccc1-c1cc(-c2ccco2)cc(-c2cccc(Cl)c2)n1.